The maximum atomic E-state index is 11.5. The molecule has 0 aromatic carbocycles. The third kappa shape index (κ3) is 8.62. The molecule has 3 N–H and O–H groups in total. The Morgan fingerprint density at radius 1 is 0.955 bits per heavy atom. The Labute approximate surface area is 135 Å². The van der Waals surface area contributed by atoms with Crippen molar-refractivity contribution < 1.29 is 33.8 Å². The lowest BCUT2D eigenvalue weighted by molar-refractivity contribution is -0.144. The number of hydrogen-bond acceptors (Lipinski definition) is 8. The molecule has 0 spiro atoms. The largest absolute Gasteiger partial charge is 0.467 e. The summed E-state index contributed by atoms with van der Waals surface area (Å²) in [6.07, 6.45) is -1.34. The van der Waals surface area contributed by atoms with Gasteiger partial charge in [-0.3, -0.25) is 4.79 Å². The summed E-state index contributed by atoms with van der Waals surface area (Å²) in [4.78, 5) is 44.4. The molecule has 0 aliphatic carbocycles. The zero-order valence-corrected chi connectivity index (χ0v) is 13.9. The van der Waals surface area contributed by atoms with Crippen molar-refractivity contribution in [1.82, 2.24) is 10.6 Å². The van der Waals surface area contributed by atoms with E-state index in [1.165, 1.54) is 24.8 Å². The van der Waals surface area contributed by atoms with Crippen molar-refractivity contribution in [1.29, 1.82) is 0 Å². The highest BCUT2D eigenvalue weighted by atomic mass is 33.1. The lowest BCUT2D eigenvalue weighted by Gasteiger charge is -2.16. The van der Waals surface area contributed by atoms with Crippen LogP contribution < -0.4 is 10.6 Å². The molecule has 126 valence electrons. The van der Waals surface area contributed by atoms with Gasteiger partial charge in [0.2, 0.25) is 5.91 Å². The maximum Gasteiger partial charge on any atom is 0.405 e. The predicted molar refractivity (Wildman–Crippen MR) is 81.5 cm³/mol. The molecule has 0 fully saturated rings. The second-order valence-corrected chi connectivity index (χ2v) is 6.42. The number of methoxy groups -OCH3 is 2. The zero-order valence-electron chi connectivity index (χ0n) is 12.3. The average Bonchev–Trinajstić information content (AvgIpc) is 2.46. The number of nitrogens with one attached hydrogen (secondary N) is 2. The second-order valence-electron chi connectivity index (χ2n) is 3.87. The normalized spacial score (nSPS) is 12.7. The Hall–Kier alpha value is -1.62. The summed E-state index contributed by atoms with van der Waals surface area (Å²) in [5.41, 5.74) is 0. The first-order valence-corrected chi connectivity index (χ1v) is 8.47. The van der Waals surface area contributed by atoms with Crippen molar-refractivity contribution in [3.05, 3.63) is 0 Å². The van der Waals surface area contributed by atoms with Crippen LogP contribution in [0.15, 0.2) is 0 Å². The van der Waals surface area contributed by atoms with Gasteiger partial charge in [0.15, 0.2) is 0 Å². The van der Waals surface area contributed by atoms with E-state index in [-0.39, 0.29) is 17.4 Å². The lowest BCUT2D eigenvalue weighted by Crippen LogP contribution is -2.43. The van der Waals surface area contributed by atoms with Crippen molar-refractivity contribution in [2.45, 2.75) is 19.0 Å². The second kappa shape index (κ2) is 11.0. The van der Waals surface area contributed by atoms with Crippen molar-refractivity contribution in [2.75, 3.05) is 25.7 Å². The van der Waals surface area contributed by atoms with Crippen molar-refractivity contribution >= 4 is 45.5 Å². The molecule has 0 bridgehead atoms. The first-order valence-electron chi connectivity index (χ1n) is 5.98. The summed E-state index contributed by atoms with van der Waals surface area (Å²) in [7, 11) is 4.71. The first kappa shape index (κ1) is 20.4. The summed E-state index contributed by atoms with van der Waals surface area (Å²) in [5, 5.41) is 13.1. The fourth-order valence-corrected chi connectivity index (χ4v) is 3.55. The van der Waals surface area contributed by atoms with E-state index in [2.05, 4.69) is 14.8 Å². The van der Waals surface area contributed by atoms with Gasteiger partial charge in [-0.05, 0) is 0 Å². The Bertz CT molecular complexity index is 381. The molecule has 0 heterocycles. The molecular weight excluding hydrogens is 336 g/mol. The maximum absolute atomic E-state index is 11.5. The molecule has 0 aromatic heterocycles. The number of amides is 2. The Balaban J connectivity index is 4.33. The van der Waals surface area contributed by atoms with Crippen LogP contribution in [0.3, 0.4) is 0 Å². The minimum Gasteiger partial charge on any atom is -0.467 e. The van der Waals surface area contributed by atoms with Crippen LogP contribution in [0.2, 0.25) is 0 Å². The number of rotatable bonds is 9. The molecule has 11 heteroatoms. The molecule has 9 nitrogen and oxygen atoms in total. The third-order valence-electron chi connectivity index (χ3n) is 2.20. The van der Waals surface area contributed by atoms with Crippen LogP contribution >= 0.6 is 21.6 Å². The van der Waals surface area contributed by atoms with E-state index in [0.717, 1.165) is 17.9 Å². The average molecular weight is 354 g/mol. The fourth-order valence-electron chi connectivity index (χ4n) is 1.25. The van der Waals surface area contributed by atoms with Gasteiger partial charge in [-0.2, -0.15) is 0 Å². The first-order chi connectivity index (χ1) is 10.3. The van der Waals surface area contributed by atoms with Gasteiger partial charge in [0, 0.05) is 18.4 Å². The minimum atomic E-state index is -1.34. The van der Waals surface area contributed by atoms with Gasteiger partial charge in [0.25, 0.3) is 0 Å². The van der Waals surface area contributed by atoms with Gasteiger partial charge < -0.3 is 25.2 Å². The molecule has 2 amide bonds. The van der Waals surface area contributed by atoms with Crippen molar-refractivity contribution in [3.63, 3.8) is 0 Å². The van der Waals surface area contributed by atoms with Crippen LogP contribution in [0, 0.1) is 0 Å². The van der Waals surface area contributed by atoms with E-state index in [0.29, 0.717) is 0 Å². The number of esters is 2. The summed E-state index contributed by atoms with van der Waals surface area (Å²) in [6, 6.07) is -1.83. The quantitative estimate of drug-likeness (QED) is 0.294. The third-order valence-corrected chi connectivity index (χ3v) is 4.62. The van der Waals surface area contributed by atoms with Gasteiger partial charge in [-0.25, -0.2) is 14.4 Å². The summed E-state index contributed by atoms with van der Waals surface area (Å²) in [6.45, 7) is 1.28. The molecule has 0 rings (SSSR count). The number of carbonyl (C=O) groups excluding carboxylic acids is 3. The number of carboxylic acid groups (broad SMARTS) is 1. The van der Waals surface area contributed by atoms with Crippen LogP contribution in [-0.2, 0) is 23.9 Å². The van der Waals surface area contributed by atoms with E-state index in [4.69, 9.17) is 5.11 Å². The monoisotopic (exact) mass is 354 g/mol. The Kier molecular flexibility index (Phi) is 10.2. The molecule has 2 atom stereocenters. The van der Waals surface area contributed by atoms with Gasteiger partial charge in [0.05, 0.1) is 14.2 Å². The molecule has 0 aromatic rings. The van der Waals surface area contributed by atoms with E-state index in [1.54, 1.807) is 0 Å². The van der Waals surface area contributed by atoms with Crippen molar-refractivity contribution in [3.8, 4) is 0 Å². The zero-order chi connectivity index (χ0) is 17.1. The van der Waals surface area contributed by atoms with E-state index in [1.807, 2.05) is 5.32 Å². The van der Waals surface area contributed by atoms with Crippen LogP contribution in [0.4, 0.5) is 4.79 Å². The molecule has 0 saturated carbocycles. The van der Waals surface area contributed by atoms with E-state index in [9.17, 15) is 19.2 Å². The highest BCUT2D eigenvalue weighted by Crippen LogP contribution is 2.23. The lowest BCUT2D eigenvalue weighted by atomic mass is 10.3. The van der Waals surface area contributed by atoms with Gasteiger partial charge in [0.1, 0.15) is 12.1 Å². The highest BCUT2D eigenvalue weighted by Gasteiger charge is 2.23. The number of hydrogen-bond donors (Lipinski definition) is 3. The molecule has 2 unspecified atom stereocenters. The van der Waals surface area contributed by atoms with Crippen LogP contribution in [0.5, 0.6) is 0 Å². The standard InChI is InChI=1S/C11H18N2O7S2/c1-6(14)12-7(9(15)19-2)4-21-22-5-8(10(16)20-3)13-11(17)18/h7-8,13H,4-5H2,1-3H3,(H,12,14)(H,17,18). The number of carbonyl (C=O) groups is 4. The minimum absolute atomic E-state index is 0.109. The smallest absolute Gasteiger partial charge is 0.405 e. The molecule has 0 aliphatic heterocycles. The molecule has 0 saturated heterocycles. The van der Waals surface area contributed by atoms with E-state index < -0.39 is 30.1 Å². The Morgan fingerprint density at radius 2 is 1.36 bits per heavy atom. The Morgan fingerprint density at radius 3 is 1.68 bits per heavy atom. The SMILES string of the molecule is COC(=O)C(CSSCC(NC(=O)O)C(=O)OC)NC(C)=O. The molecular formula is C11H18N2O7S2. The van der Waals surface area contributed by atoms with Gasteiger partial charge in [-0.1, -0.05) is 21.6 Å². The molecule has 0 radical (unpaired) electrons. The topological polar surface area (TPSA) is 131 Å². The van der Waals surface area contributed by atoms with Gasteiger partial charge >= 0.3 is 18.0 Å². The summed E-state index contributed by atoms with van der Waals surface area (Å²) >= 11 is 0. The molecule has 0 aliphatic rings. The van der Waals surface area contributed by atoms with Crippen LogP contribution in [-0.4, -0.2) is 66.9 Å². The van der Waals surface area contributed by atoms with Crippen LogP contribution in [0.25, 0.3) is 0 Å². The molecule has 22 heavy (non-hydrogen) atoms. The van der Waals surface area contributed by atoms with E-state index >= 15 is 0 Å². The predicted octanol–water partition coefficient (Wildman–Crippen LogP) is -0.145. The fraction of sp³-hybridized carbons (Fsp3) is 0.636. The summed E-state index contributed by atoms with van der Waals surface area (Å²) < 4.78 is 9.04. The number of ether oxygens (including phenoxy) is 2. The van der Waals surface area contributed by atoms with Gasteiger partial charge in [-0.15, -0.1) is 0 Å². The summed E-state index contributed by atoms with van der Waals surface area (Å²) in [5.74, 6) is -1.35. The van der Waals surface area contributed by atoms with Crippen LogP contribution in [0.1, 0.15) is 6.92 Å². The highest BCUT2D eigenvalue weighted by molar-refractivity contribution is 8.76. The van der Waals surface area contributed by atoms with Crippen molar-refractivity contribution in [2.24, 2.45) is 0 Å².